The zero-order chi connectivity index (χ0) is 21.6. The van der Waals surface area contributed by atoms with Gasteiger partial charge in [-0.2, -0.15) is 8.42 Å². The topological polar surface area (TPSA) is 113 Å². The first-order valence-electron chi connectivity index (χ1n) is 9.68. The molecule has 0 bridgehead atoms. The Bertz CT molecular complexity index is 932. The molecule has 0 spiro atoms. The van der Waals surface area contributed by atoms with Crippen molar-refractivity contribution in [3.63, 3.8) is 0 Å². The Balaban J connectivity index is 2.25. The molecule has 0 aliphatic rings. The van der Waals surface area contributed by atoms with Crippen LogP contribution in [0.3, 0.4) is 0 Å². The first kappa shape index (κ1) is 22.6. The van der Waals surface area contributed by atoms with Crippen LogP contribution >= 0.6 is 0 Å². The predicted molar refractivity (Wildman–Crippen MR) is 115 cm³/mol. The van der Waals surface area contributed by atoms with Crippen LogP contribution in [-0.2, 0) is 10.0 Å². The summed E-state index contributed by atoms with van der Waals surface area (Å²) in [7, 11) is -4.17. The fraction of sp³-hybridized carbons (Fsp3) is 0.450. The molecule has 2 amide bonds. The monoisotopic (exact) mass is 419 g/mol. The van der Waals surface area contributed by atoms with E-state index in [1.54, 1.807) is 0 Å². The lowest BCUT2D eigenvalue weighted by atomic mass is 9.93. The molecule has 3 N–H and O–H groups in total. The summed E-state index contributed by atoms with van der Waals surface area (Å²) in [6.07, 6.45) is 3.39. The van der Waals surface area contributed by atoms with E-state index in [4.69, 9.17) is 0 Å². The standard InChI is InChI=1S/C20H29N5O3S/c1-6-10-22-17-11-21-12-18(23-17)29(27,28)25-20(26)24-19-15(13(2)3)8-7-9-16(19)14(4)5/h7-9,11-14H,6,10H2,1-5H3,(H,22,23)(H2,24,25,26). The van der Waals surface area contributed by atoms with Gasteiger partial charge in [0.25, 0.3) is 10.0 Å². The van der Waals surface area contributed by atoms with Gasteiger partial charge in [0, 0.05) is 12.2 Å². The van der Waals surface area contributed by atoms with Crippen LogP contribution < -0.4 is 15.4 Å². The highest BCUT2D eigenvalue weighted by atomic mass is 32.2. The van der Waals surface area contributed by atoms with Crippen molar-refractivity contribution >= 4 is 27.6 Å². The second kappa shape index (κ2) is 9.69. The van der Waals surface area contributed by atoms with Gasteiger partial charge in [0.2, 0.25) is 0 Å². The number of anilines is 2. The van der Waals surface area contributed by atoms with E-state index >= 15 is 0 Å². The first-order chi connectivity index (χ1) is 13.7. The van der Waals surface area contributed by atoms with E-state index in [1.165, 1.54) is 6.20 Å². The molecule has 0 fully saturated rings. The molecule has 1 aromatic heterocycles. The maximum atomic E-state index is 12.6. The number of hydrogen-bond acceptors (Lipinski definition) is 6. The lowest BCUT2D eigenvalue weighted by Crippen LogP contribution is -2.35. The number of carbonyl (C=O) groups excluding carboxylic acids is 1. The third kappa shape index (κ3) is 5.90. The Morgan fingerprint density at radius 3 is 2.24 bits per heavy atom. The van der Waals surface area contributed by atoms with Gasteiger partial charge in [-0.25, -0.2) is 14.5 Å². The number of urea groups is 1. The van der Waals surface area contributed by atoms with E-state index in [0.29, 0.717) is 18.1 Å². The molecule has 0 saturated heterocycles. The zero-order valence-corrected chi connectivity index (χ0v) is 18.3. The van der Waals surface area contributed by atoms with Crippen molar-refractivity contribution in [2.24, 2.45) is 0 Å². The second-order valence-corrected chi connectivity index (χ2v) is 8.98. The number of carbonyl (C=O) groups is 1. The quantitative estimate of drug-likeness (QED) is 0.595. The molecule has 0 aliphatic heterocycles. The first-order valence-corrected chi connectivity index (χ1v) is 11.2. The highest BCUT2D eigenvalue weighted by Crippen LogP contribution is 2.32. The van der Waals surface area contributed by atoms with Gasteiger partial charge in [-0.3, -0.25) is 4.98 Å². The summed E-state index contributed by atoms with van der Waals surface area (Å²) in [5, 5.41) is 5.37. The zero-order valence-electron chi connectivity index (χ0n) is 17.5. The Morgan fingerprint density at radius 1 is 1.07 bits per heavy atom. The van der Waals surface area contributed by atoms with E-state index in [-0.39, 0.29) is 16.9 Å². The van der Waals surface area contributed by atoms with E-state index in [9.17, 15) is 13.2 Å². The summed E-state index contributed by atoms with van der Waals surface area (Å²) in [4.78, 5) is 20.5. The second-order valence-electron chi connectivity index (χ2n) is 7.35. The summed E-state index contributed by atoms with van der Waals surface area (Å²) in [5.74, 6) is 0.656. The van der Waals surface area contributed by atoms with Crippen molar-refractivity contribution in [2.45, 2.75) is 57.9 Å². The molecule has 0 atom stereocenters. The van der Waals surface area contributed by atoms with E-state index in [1.807, 2.05) is 57.5 Å². The molecule has 9 heteroatoms. The Labute approximate surface area is 172 Å². The number of hydrogen-bond donors (Lipinski definition) is 3. The van der Waals surface area contributed by atoms with Crippen LogP contribution in [0.15, 0.2) is 35.6 Å². The fourth-order valence-electron chi connectivity index (χ4n) is 2.82. The van der Waals surface area contributed by atoms with Gasteiger partial charge in [-0.1, -0.05) is 52.8 Å². The van der Waals surface area contributed by atoms with Gasteiger partial charge >= 0.3 is 6.03 Å². The van der Waals surface area contributed by atoms with Crippen LogP contribution in [-0.4, -0.2) is 31.0 Å². The van der Waals surface area contributed by atoms with Crippen LogP contribution in [0.1, 0.15) is 64.0 Å². The molecule has 1 aromatic carbocycles. The van der Waals surface area contributed by atoms with Gasteiger partial charge in [0.15, 0.2) is 5.03 Å². The van der Waals surface area contributed by atoms with Crippen molar-refractivity contribution in [3.8, 4) is 0 Å². The van der Waals surface area contributed by atoms with Crippen molar-refractivity contribution < 1.29 is 13.2 Å². The largest absolute Gasteiger partial charge is 0.369 e. The van der Waals surface area contributed by atoms with Crippen LogP contribution in [0.4, 0.5) is 16.3 Å². The van der Waals surface area contributed by atoms with Crippen molar-refractivity contribution in [1.82, 2.24) is 14.7 Å². The van der Waals surface area contributed by atoms with E-state index in [2.05, 4.69) is 20.6 Å². The minimum atomic E-state index is -4.17. The molecular formula is C20H29N5O3S. The number of aromatic nitrogens is 2. The minimum absolute atomic E-state index is 0.160. The Morgan fingerprint density at radius 2 is 1.69 bits per heavy atom. The van der Waals surface area contributed by atoms with E-state index < -0.39 is 16.1 Å². The number of nitrogens with zero attached hydrogens (tertiary/aromatic N) is 2. The Kier molecular flexibility index (Phi) is 7.55. The van der Waals surface area contributed by atoms with Gasteiger partial charge in [-0.05, 0) is 29.4 Å². The molecule has 158 valence electrons. The molecule has 8 nitrogen and oxygen atoms in total. The highest BCUT2D eigenvalue weighted by molar-refractivity contribution is 7.90. The molecule has 2 rings (SSSR count). The lowest BCUT2D eigenvalue weighted by molar-refractivity contribution is 0.256. The molecule has 0 radical (unpaired) electrons. The third-order valence-electron chi connectivity index (χ3n) is 4.28. The molecular weight excluding hydrogens is 390 g/mol. The van der Waals surface area contributed by atoms with Crippen LogP contribution in [0, 0.1) is 0 Å². The van der Waals surface area contributed by atoms with Crippen LogP contribution in [0.2, 0.25) is 0 Å². The van der Waals surface area contributed by atoms with Gasteiger partial charge < -0.3 is 10.6 Å². The smallest absolute Gasteiger partial charge is 0.333 e. The SMILES string of the molecule is CCCNc1cncc(S(=O)(=O)NC(=O)Nc2c(C(C)C)cccc2C(C)C)n1. The lowest BCUT2D eigenvalue weighted by Gasteiger charge is -2.20. The molecule has 1 heterocycles. The summed E-state index contributed by atoms with van der Waals surface area (Å²) in [5.41, 5.74) is 2.51. The molecule has 2 aromatic rings. The van der Waals surface area contributed by atoms with Crippen molar-refractivity contribution in [1.29, 1.82) is 0 Å². The number of sulfonamides is 1. The molecule has 0 aliphatic carbocycles. The highest BCUT2D eigenvalue weighted by Gasteiger charge is 2.22. The van der Waals surface area contributed by atoms with Gasteiger partial charge in [-0.15, -0.1) is 0 Å². The Hall–Kier alpha value is -2.68. The average Bonchev–Trinajstić information content (AvgIpc) is 2.65. The van der Waals surface area contributed by atoms with Gasteiger partial charge in [0.05, 0.1) is 12.4 Å². The van der Waals surface area contributed by atoms with Crippen molar-refractivity contribution in [2.75, 3.05) is 17.2 Å². The number of rotatable bonds is 8. The fourth-order valence-corrected chi connectivity index (χ4v) is 3.64. The van der Waals surface area contributed by atoms with Crippen LogP contribution in [0.5, 0.6) is 0 Å². The number of para-hydroxylation sites is 1. The maximum Gasteiger partial charge on any atom is 0.333 e. The normalized spacial score (nSPS) is 11.6. The van der Waals surface area contributed by atoms with Crippen molar-refractivity contribution in [3.05, 3.63) is 41.7 Å². The van der Waals surface area contributed by atoms with E-state index in [0.717, 1.165) is 23.7 Å². The summed E-state index contributed by atoms with van der Waals surface area (Å²) < 4.78 is 27.2. The predicted octanol–water partition coefficient (Wildman–Crippen LogP) is 4.06. The minimum Gasteiger partial charge on any atom is -0.369 e. The number of benzene rings is 1. The number of amides is 2. The molecule has 0 unspecified atom stereocenters. The molecule has 0 saturated carbocycles. The number of nitrogens with one attached hydrogen (secondary N) is 3. The molecule has 29 heavy (non-hydrogen) atoms. The summed E-state index contributed by atoms with van der Waals surface area (Å²) >= 11 is 0. The van der Waals surface area contributed by atoms with Gasteiger partial charge in [0.1, 0.15) is 5.82 Å². The summed E-state index contributed by atoms with van der Waals surface area (Å²) in [6, 6.07) is 4.95. The maximum absolute atomic E-state index is 12.6. The summed E-state index contributed by atoms with van der Waals surface area (Å²) in [6.45, 7) is 10.7. The third-order valence-corrected chi connectivity index (χ3v) is 5.48. The average molecular weight is 420 g/mol. The van der Waals surface area contributed by atoms with Crippen LogP contribution in [0.25, 0.3) is 0 Å².